The topological polar surface area (TPSA) is 63.9 Å². The quantitative estimate of drug-likeness (QED) is 0.804. The second-order valence-corrected chi connectivity index (χ2v) is 9.40. The minimum Gasteiger partial charge on any atom is -0.328 e. The Morgan fingerprint density at radius 2 is 2.00 bits per heavy atom. The van der Waals surface area contributed by atoms with Gasteiger partial charge in [-0.2, -0.15) is 0 Å². The number of amides is 1. The zero-order valence-corrected chi connectivity index (χ0v) is 16.7. The van der Waals surface area contributed by atoms with E-state index in [0.717, 1.165) is 53.9 Å². The van der Waals surface area contributed by atoms with Gasteiger partial charge in [-0.3, -0.25) is 4.79 Å². The molecule has 4 rings (SSSR count). The predicted octanol–water partition coefficient (Wildman–Crippen LogP) is 3.74. The summed E-state index contributed by atoms with van der Waals surface area (Å²) in [5.74, 6) is 2.16. The summed E-state index contributed by atoms with van der Waals surface area (Å²) in [5.41, 5.74) is -0.0298. The molecule has 0 spiro atoms. The molecule has 2 aromatic heterocycles. The number of likely N-dealkylation sites (tertiary alicyclic amines) is 1. The lowest BCUT2D eigenvalue weighted by molar-refractivity contribution is 0.0731. The van der Waals surface area contributed by atoms with Gasteiger partial charge in [0, 0.05) is 24.9 Å². The van der Waals surface area contributed by atoms with Crippen molar-refractivity contribution >= 4 is 17.2 Å². The SMILES string of the molecule is CC(C)(C)c1ncc(C(=O)N2CCCC2c2nnc3n2CCCCC3)s1. The first-order valence-electron chi connectivity index (χ1n) is 9.64. The highest BCUT2D eigenvalue weighted by atomic mass is 32.1. The molecule has 4 heterocycles. The molecule has 1 fully saturated rings. The van der Waals surface area contributed by atoms with Crippen LogP contribution in [0.3, 0.4) is 0 Å². The van der Waals surface area contributed by atoms with Crippen LogP contribution in [-0.2, 0) is 18.4 Å². The van der Waals surface area contributed by atoms with E-state index in [-0.39, 0.29) is 17.4 Å². The first kappa shape index (κ1) is 17.6. The predicted molar refractivity (Wildman–Crippen MR) is 101 cm³/mol. The van der Waals surface area contributed by atoms with Crippen molar-refractivity contribution in [3.63, 3.8) is 0 Å². The van der Waals surface area contributed by atoms with Crippen molar-refractivity contribution in [3.05, 3.63) is 27.7 Å². The molecule has 0 N–H and O–H groups in total. The molecule has 140 valence electrons. The zero-order valence-electron chi connectivity index (χ0n) is 15.9. The average molecular weight is 374 g/mol. The van der Waals surface area contributed by atoms with Crippen LogP contribution in [-0.4, -0.2) is 37.1 Å². The van der Waals surface area contributed by atoms with Gasteiger partial charge in [-0.15, -0.1) is 21.5 Å². The van der Waals surface area contributed by atoms with Crippen molar-refractivity contribution in [2.24, 2.45) is 0 Å². The lowest BCUT2D eigenvalue weighted by Crippen LogP contribution is -2.31. The van der Waals surface area contributed by atoms with Gasteiger partial charge < -0.3 is 9.47 Å². The van der Waals surface area contributed by atoms with Crippen molar-refractivity contribution in [3.8, 4) is 0 Å². The third-order valence-corrected chi connectivity index (χ3v) is 6.72. The minimum absolute atomic E-state index is 0.0298. The maximum absolute atomic E-state index is 13.2. The number of hydrogen-bond acceptors (Lipinski definition) is 5. The molecule has 0 aromatic carbocycles. The van der Waals surface area contributed by atoms with Crippen molar-refractivity contribution in [2.75, 3.05) is 6.54 Å². The standard InChI is InChI=1S/C19H27N5OS/c1-19(2,3)18-20-12-14(26-18)17(25)23-11-7-8-13(23)16-22-21-15-9-5-4-6-10-24(15)16/h12-13H,4-11H2,1-3H3. The van der Waals surface area contributed by atoms with Gasteiger partial charge in [-0.1, -0.05) is 27.2 Å². The van der Waals surface area contributed by atoms with E-state index in [1.54, 1.807) is 6.20 Å². The number of aryl methyl sites for hydroxylation is 1. The molecule has 1 unspecified atom stereocenters. The van der Waals surface area contributed by atoms with Crippen LogP contribution in [0.1, 0.15) is 85.2 Å². The van der Waals surface area contributed by atoms with Crippen molar-refractivity contribution in [2.45, 2.75) is 77.3 Å². The molecule has 7 heteroatoms. The van der Waals surface area contributed by atoms with Gasteiger partial charge in [-0.05, 0) is 25.7 Å². The van der Waals surface area contributed by atoms with Crippen molar-refractivity contribution < 1.29 is 4.79 Å². The Hall–Kier alpha value is -1.76. The molecule has 0 bridgehead atoms. The van der Waals surface area contributed by atoms with Crippen LogP contribution < -0.4 is 0 Å². The Morgan fingerprint density at radius 3 is 2.77 bits per heavy atom. The molecule has 26 heavy (non-hydrogen) atoms. The van der Waals surface area contributed by atoms with Crippen LogP contribution in [0.25, 0.3) is 0 Å². The number of carbonyl (C=O) groups excluding carboxylic acids is 1. The Balaban J connectivity index is 1.60. The molecule has 0 saturated carbocycles. The van der Waals surface area contributed by atoms with Crippen molar-refractivity contribution in [1.82, 2.24) is 24.6 Å². The molecule has 6 nitrogen and oxygen atoms in total. The van der Waals surface area contributed by atoms with E-state index in [1.807, 2.05) is 4.90 Å². The van der Waals surface area contributed by atoms with Crippen LogP contribution in [0.4, 0.5) is 0 Å². The van der Waals surface area contributed by atoms with Crippen LogP contribution >= 0.6 is 11.3 Å². The zero-order chi connectivity index (χ0) is 18.3. The molecular formula is C19H27N5OS. The Bertz CT molecular complexity index is 803. The third-order valence-electron chi connectivity index (χ3n) is 5.31. The maximum Gasteiger partial charge on any atom is 0.266 e. The highest BCUT2D eigenvalue weighted by Crippen LogP contribution is 2.35. The molecule has 0 aliphatic carbocycles. The largest absolute Gasteiger partial charge is 0.328 e. The summed E-state index contributed by atoms with van der Waals surface area (Å²) in [7, 11) is 0. The summed E-state index contributed by atoms with van der Waals surface area (Å²) in [6, 6.07) is 0.0436. The molecule has 1 atom stereocenters. The fourth-order valence-corrected chi connectivity index (χ4v) is 4.82. The fourth-order valence-electron chi connectivity index (χ4n) is 3.89. The van der Waals surface area contributed by atoms with Gasteiger partial charge in [0.05, 0.1) is 17.2 Å². The third kappa shape index (κ3) is 3.17. The molecule has 1 amide bonds. The van der Waals surface area contributed by atoms with E-state index in [0.29, 0.717) is 0 Å². The number of thiazole rings is 1. The number of carbonyl (C=O) groups is 1. The first-order valence-corrected chi connectivity index (χ1v) is 10.5. The first-order chi connectivity index (χ1) is 12.4. The highest BCUT2D eigenvalue weighted by molar-refractivity contribution is 7.13. The highest BCUT2D eigenvalue weighted by Gasteiger charge is 2.36. The van der Waals surface area contributed by atoms with E-state index in [9.17, 15) is 4.79 Å². The van der Waals surface area contributed by atoms with E-state index in [4.69, 9.17) is 0 Å². The van der Waals surface area contributed by atoms with Gasteiger partial charge >= 0.3 is 0 Å². The lowest BCUT2D eigenvalue weighted by Gasteiger charge is -2.24. The second-order valence-electron chi connectivity index (χ2n) is 8.37. The van der Waals surface area contributed by atoms with Crippen LogP contribution in [0.2, 0.25) is 0 Å². The summed E-state index contributed by atoms with van der Waals surface area (Å²) in [6.07, 6.45) is 8.32. The van der Waals surface area contributed by atoms with Crippen molar-refractivity contribution in [1.29, 1.82) is 0 Å². The van der Waals surface area contributed by atoms with E-state index in [1.165, 1.54) is 30.6 Å². The monoisotopic (exact) mass is 373 g/mol. The molecule has 0 radical (unpaired) electrons. The number of fused-ring (bicyclic) bond motifs is 1. The van der Waals surface area contributed by atoms with Gasteiger partial charge in [0.25, 0.3) is 5.91 Å². The van der Waals surface area contributed by atoms with E-state index >= 15 is 0 Å². The van der Waals surface area contributed by atoms with Crippen LogP contribution in [0, 0.1) is 0 Å². The lowest BCUT2D eigenvalue weighted by atomic mass is 9.98. The fraction of sp³-hybridized carbons (Fsp3) is 0.684. The molecule has 2 aliphatic rings. The molecule has 1 saturated heterocycles. The number of aromatic nitrogens is 4. The molecule has 2 aliphatic heterocycles. The molecular weight excluding hydrogens is 346 g/mol. The van der Waals surface area contributed by atoms with E-state index < -0.39 is 0 Å². The Kier molecular flexibility index (Phi) is 4.59. The van der Waals surface area contributed by atoms with Crippen LogP contribution in [0.15, 0.2) is 6.20 Å². The van der Waals surface area contributed by atoms with E-state index in [2.05, 4.69) is 40.5 Å². The van der Waals surface area contributed by atoms with Gasteiger partial charge in [0.1, 0.15) is 10.7 Å². The minimum atomic E-state index is -0.0298. The summed E-state index contributed by atoms with van der Waals surface area (Å²) >= 11 is 1.52. The number of rotatable bonds is 2. The summed E-state index contributed by atoms with van der Waals surface area (Å²) in [6.45, 7) is 8.15. The smallest absolute Gasteiger partial charge is 0.266 e. The Morgan fingerprint density at radius 1 is 1.15 bits per heavy atom. The van der Waals surface area contributed by atoms with Crippen LogP contribution in [0.5, 0.6) is 0 Å². The maximum atomic E-state index is 13.2. The Labute approximate surface area is 158 Å². The second kappa shape index (κ2) is 6.76. The summed E-state index contributed by atoms with van der Waals surface area (Å²) < 4.78 is 2.27. The summed E-state index contributed by atoms with van der Waals surface area (Å²) in [4.78, 5) is 20.4. The average Bonchev–Trinajstić information content (AvgIpc) is 3.30. The number of hydrogen-bond donors (Lipinski definition) is 0. The normalized spacial score (nSPS) is 20.9. The summed E-state index contributed by atoms with van der Waals surface area (Å²) in [5, 5.41) is 9.94. The number of nitrogens with zero attached hydrogens (tertiary/aromatic N) is 5. The van der Waals surface area contributed by atoms with Gasteiger partial charge in [-0.25, -0.2) is 4.98 Å². The van der Waals surface area contributed by atoms with Gasteiger partial charge in [0.15, 0.2) is 5.82 Å². The van der Waals surface area contributed by atoms with Gasteiger partial charge in [0.2, 0.25) is 0 Å². The molecule has 2 aromatic rings.